The van der Waals surface area contributed by atoms with Crippen molar-refractivity contribution in [2.75, 3.05) is 0 Å². The molecule has 2 rings (SSSR count). The molecule has 0 fully saturated rings. The van der Waals surface area contributed by atoms with Gasteiger partial charge in [-0.1, -0.05) is 38.1 Å². The van der Waals surface area contributed by atoms with E-state index in [0.29, 0.717) is 5.92 Å². The summed E-state index contributed by atoms with van der Waals surface area (Å²) in [5.74, 6) is -0.399. The largest absolute Gasteiger partial charge is 0.478 e. The van der Waals surface area contributed by atoms with Gasteiger partial charge < -0.3 is 9.67 Å². The van der Waals surface area contributed by atoms with Crippen molar-refractivity contribution in [3.8, 4) is 0 Å². The summed E-state index contributed by atoms with van der Waals surface area (Å²) >= 11 is 0. The summed E-state index contributed by atoms with van der Waals surface area (Å²) in [6.07, 6.45) is 4.73. The van der Waals surface area contributed by atoms with E-state index < -0.39 is 5.97 Å². The van der Waals surface area contributed by atoms with Gasteiger partial charge in [0.25, 0.3) is 0 Å². The standard InChI is InChI=1S/C17H19NO2/c1-13(2)15-7-5-14(6-8-15)12-18-11-3-4-16(18)9-10-17(19)20/h3-11,13H,12H2,1-2H3,(H,19,20)/b10-9+. The van der Waals surface area contributed by atoms with Crippen molar-refractivity contribution in [3.63, 3.8) is 0 Å². The average Bonchev–Trinajstić information content (AvgIpc) is 2.84. The Labute approximate surface area is 119 Å². The molecule has 1 N–H and O–H groups in total. The van der Waals surface area contributed by atoms with Gasteiger partial charge in [0.15, 0.2) is 0 Å². The van der Waals surface area contributed by atoms with Crippen LogP contribution in [0.25, 0.3) is 6.08 Å². The zero-order valence-electron chi connectivity index (χ0n) is 11.8. The Morgan fingerprint density at radius 3 is 2.55 bits per heavy atom. The first kappa shape index (κ1) is 14.1. The lowest BCUT2D eigenvalue weighted by atomic mass is 10.0. The number of hydrogen-bond donors (Lipinski definition) is 1. The van der Waals surface area contributed by atoms with Crippen LogP contribution < -0.4 is 0 Å². The van der Waals surface area contributed by atoms with Gasteiger partial charge in [0.1, 0.15) is 0 Å². The minimum absolute atomic E-state index is 0.532. The van der Waals surface area contributed by atoms with Crippen LogP contribution in [0.2, 0.25) is 0 Å². The highest BCUT2D eigenvalue weighted by Gasteiger charge is 2.02. The number of carbonyl (C=O) groups is 1. The molecule has 2 aromatic rings. The number of aliphatic carboxylic acids is 1. The van der Waals surface area contributed by atoms with Crippen LogP contribution >= 0.6 is 0 Å². The molecule has 0 bridgehead atoms. The Kier molecular flexibility index (Phi) is 4.41. The fourth-order valence-electron chi connectivity index (χ4n) is 2.08. The molecule has 0 saturated heterocycles. The van der Waals surface area contributed by atoms with Gasteiger partial charge in [-0.3, -0.25) is 0 Å². The van der Waals surface area contributed by atoms with Crippen LogP contribution in [0.5, 0.6) is 0 Å². The van der Waals surface area contributed by atoms with Gasteiger partial charge in [0, 0.05) is 24.5 Å². The SMILES string of the molecule is CC(C)c1ccc(Cn2cccc2/C=C/C(=O)O)cc1. The molecule has 104 valence electrons. The van der Waals surface area contributed by atoms with Crippen LogP contribution in [0, 0.1) is 0 Å². The van der Waals surface area contributed by atoms with Crippen molar-refractivity contribution in [1.82, 2.24) is 4.57 Å². The minimum Gasteiger partial charge on any atom is -0.478 e. The number of nitrogens with zero attached hydrogens (tertiary/aromatic N) is 1. The second-order valence-corrected chi connectivity index (χ2v) is 5.13. The van der Waals surface area contributed by atoms with E-state index >= 15 is 0 Å². The third kappa shape index (κ3) is 3.60. The van der Waals surface area contributed by atoms with E-state index in [0.717, 1.165) is 18.3 Å². The monoisotopic (exact) mass is 269 g/mol. The minimum atomic E-state index is -0.931. The van der Waals surface area contributed by atoms with Crippen molar-refractivity contribution < 1.29 is 9.90 Å². The Hall–Kier alpha value is -2.29. The maximum Gasteiger partial charge on any atom is 0.328 e. The molecule has 1 heterocycles. The number of carboxylic acids is 1. The Morgan fingerprint density at radius 1 is 1.25 bits per heavy atom. The maximum absolute atomic E-state index is 10.6. The Balaban J connectivity index is 2.14. The molecule has 3 heteroatoms. The molecular formula is C17H19NO2. The predicted octanol–water partition coefficient (Wildman–Crippen LogP) is 3.76. The summed E-state index contributed by atoms with van der Waals surface area (Å²) in [7, 11) is 0. The van der Waals surface area contributed by atoms with Gasteiger partial charge in [0.05, 0.1) is 0 Å². The fraction of sp³-hybridized carbons (Fsp3) is 0.235. The first-order valence-electron chi connectivity index (χ1n) is 6.71. The van der Waals surface area contributed by atoms with Crippen molar-refractivity contribution in [1.29, 1.82) is 0 Å². The van der Waals surface area contributed by atoms with Crippen molar-refractivity contribution in [2.45, 2.75) is 26.3 Å². The summed E-state index contributed by atoms with van der Waals surface area (Å²) in [5.41, 5.74) is 3.42. The van der Waals surface area contributed by atoms with Crippen LogP contribution in [-0.2, 0) is 11.3 Å². The first-order chi connectivity index (χ1) is 9.56. The fourth-order valence-corrected chi connectivity index (χ4v) is 2.08. The molecule has 0 radical (unpaired) electrons. The lowest BCUT2D eigenvalue weighted by molar-refractivity contribution is -0.131. The highest BCUT2D eigenvalue weighted by molar-refractivity contribution is 5.84. The van der Waals surface area contributed by atoms with Gasteiger partial charge in [0.2, 0.25) is 0 Å². The van der Waals surface area contributed by atoms with Crippen molar-refractivity contribution in [2.24, 2.45) is 0 Å². The third-order valence-corrected chi connectivity index (χ3v) is 3.26. The number of rotatable bonds is 5. The summed E-state index contributed by atoms with van der Waals surface area (Å²) in [6, 6.07) is 12.4. The summed E-state index contributed by atoms with van der Waals surface area (Å²) in [6.45, 7) is 5.09. The van der Waals surface area contributed by atoms with Gasteiger partial charge in [-0.05, 0) is 35.3 Å². The highest BCUT2D eigenvalue weighted by Crippen LogP contribution is 2.16. The maximum atomic E-state index is 10.6. The number of hydrogen-bond acceptors (Lipinski definition) is 1. The zero-order chi connectivity index (χ0) is 14.5. The lowest BCUT2D eigenvalue weighted by Crippen LogP contribution is -2.01. The zero-order valence-corrected chi connectivity index (χ0v) is 11.8. The molecule has 1 aromatic carbocycles. The summed E-state index contributed by atoms with van der Waals surface area (Å²) in [5, 5.41) is 8.68. The van der Waals surface area contributed by atoms with Gasteiger partial charge >= 0.3 is 5.97 Å². The van der Waals surface area contributed by atoms with Crippen LogP contribution in [-0.4, -0.2) is 15.6 Å². The predicted molar refractivity (Wildman–Crippen MR) is 80.7 cm³/mol. The summed E-state index contributed by atoms with van der Waals surface area (Å²) in [4.78, 5) is 10.6. The highest BCUT2D eigenvalue weighted by atomic mass is 16.4. The van der Waals surface area contributed by atoms with E-state index in [-0.39, 0.29) is 0 Å². The molecule has 0 atom stereocenters. The lowest BCUT2D eigenvalue weighted by Gasteiger charge is -2.09. The second-order valence-electron chi connectivity index (χ2n) is 5.13. The molecule has 0 aliphatic heterocycles. The molecule has 3 nitrogen and oxygen atoms in total. The molecule has 20 heavy (non-hydrogen) atoms. The molecular weight excluding hydrogens is 250 g/mol. The second kappa shape index (κ2) is 6.24. The van der Waals surface area contributed by atoms with Crippen LogP contribution in [0.3, 0.4) is 0 Å². The Morgan fingerprint density at radius 2 is 1.95 bits per heavy atom. The van der Waals surface area contributed by atoms with Crippen molar-refractivity contribution in [3.05, 3.63) is 65.5 Å². The Bertz CT molecular complexity index is 606. The van der Waals surface area contributed by atoms with Crippen molar-refractivity contribution >= 4 is 12.0 Å². The topological polar surface area (TPSA) is 42.2 Å². The molecule has 0 aliphatic rings. The molecule has 0 spiro atoms. The van der Waals surface area contributed by atoms with Gasteiger partial charge in [-0.25, -0.2) is 4.79 Å². The quantitative estimate of drug-likeness (QED) is 0.840. The van der Waals surface area contributed by atoms with Crippen LogP contribution in [0.15, 0.2) is 48.7 Å². The van der Waals surface area contributed by atoms with Gasteiger partial charge in [-0.15, -0.1) is 0 Å². The number of benzene rings is 1. The van der Waals surface area contributed by atoms with E-state index in [1.807, 2.05) is 22.9 Å². The normalized spacial score (nSPS) is 11.3. The third-order valence-electron chi connectivity index (χ3n) is 3.26. The molecule has 1 aromatic heterocycles. The van der Waals surface area contributed by atoms with E-state index in [4.69, 9.17) is 5.11 Å². The number of carboxylic acid groups (broad SMARTS) is 1. The molecule has 0 unspecified atom stereocenters. The molecule has 0 saturated carbocycles. The van der Waals surface area contributed by atoms with Gasteiger partial charge in [-0.2, -0.15) is 0 Å². The van der Waals surface area contributed by atoms with Crippen LogP contribution in [0.1, 0.15) is 36.6 Å². The van der Waals surface area contributed by atoms with E-state index in [2.05, 4.69) is 38.1 Å². The number of aromatic nitrogens is 1. The van der Waals surface area contributed by atoms with E-state index in [1.54, 1.807) is 6.08 Å². The smallest absolute Gasteiger partial charge is 0.328 e. The average molecular weight is 269 g/mol. The summed E-state index contributed by atoms with van der Waals surface area (Å²) < 4.78 is 2.03. The first-order valence-corrected chi connectivity index (χ1v) is 6.71. The van der Waals surface area contributed by atoms with E-state index in [9.17, 15) is 4.79 Å². The molecule has 0 amide bonds. The van der Waals surface area contributed by atoms with Crippen LogP contribution in [0.4, 0.5) is 0 Å². The molecule has 0 aliphatic carbocycles. The van der Waals surface area contributed by atoms with E-state index in [1.165, 1.54) is 11.1 Å².